The Morgan fingerprint density at radius 1 is 0.585 bits per heavy atom. The molecular weight excluding hydrogens is 522 g/mol. The molecule has 2 fully saturated rings. The van der Waals surface area contributed by atoms with Crippen LogP contribution in [0.4, 0.5) is 0 Å². The minimum absolute atomic E-state index is 0.0314. The highest BCUT2D eigenvalue weighted by Crippen LogP contribution is 2.37. The zero-order valence-corrected chi connectivity index (χ0v) is 25.9. The molecule has 2 aromatic carbocycles. The second-order valence-corrected chi connectivity index (χ2v) is 13.1. The molecule has 2 aliphatic heterocycles. The molecule has 0 bridgehead atoms. The van der Waals surface area contributed by atoms with Crippen LogP contribution in [0.15, 0.2) is 46.0 Å². The molecule has 0 atom stereocenters. The Balaban J connectivity index is 0.000000165. The maximum Gasteiger partial charge on any atom is 0.494 e. The Labute approximate surface area is 240 Å². The number of nitrogens with one attached hydrogen (secondary N) is 1. The van der Waals surface area contributed by atoms with Crippen LogP contribution in [-0.4, -0.2) is 55.3 Å². The topological polar surface area (TPSA) is 102 Å². The Morgan fingerprint density at radius 2 is 1.00 bits per heavy atom. The van der Waals surface area contributed by atoms with E-state index in [-0.39, 0.29) is 33.8 Å². The van der Waals surface area contributed by atoms with Gasteiger partial charge in [-0.05, 0) is 90.6 Å². The van der Waals surface area contributed by atoms with Gasteiger partial charge in [0, 0.05) is 21.1 Å². The van der Waals surface area contributed by atoms with E-state index in [0.717, 1.165) is 33.0 Å². The van der Waals surface area contributed by atoms with Gasteiger partial charge in [-0.25, -0.2) is 9.59 Å². The van der Waals surface area contributed by atoms with E-state index in [1.165, 1.54) is 0 Å². The highest BCUT2D eigenvalue weighted by Gasteiger charge is 2.52. The number of fused-ring (bicyclic) bond motifs is 2. The molecule has 0 amide bonds. The first-order valence-electron chi connectivity index (χ1n) is 13.9. The zero-order valence-electron chi connectivity index (χ0n) is 25.9. The van der Waals surface area contributed by atoms with Gasteiger partial charge >= 0.3 is 25.6 Å². The van der Waals surface area contributed by atoms with Gasteiger partial charge in [0.05, 0.1) is 44.5 Å². The third-order valence-electron chi connectivity index (χ3n) is 9.28. The molecule has 12 heteroatoms. The normalized spacial score (nSPS) is 20.6. The molecule has 0 saturated carbocycles. The molecule has 4 aromatic rings. The van der Waals surface area contributed by atoms with Gasteiger partial charge in [-0.1, -0.05) is 12.1 Å². The minimum Gasteiger partial charge on any atom is -0.399 e. The SMILES string of the molecule is Cn1c(=O)[nH]c2cc(B3OC(C)(C)C(C)(C)O3)ccc21.Cn1c(=O)n(C)c2cc(B3OC(C)(C)C(C)(C)O3)ccc21. The van der Waals surface area contributed by atoms with Crippen molar-refractivity contribution in [2.75, 3.05) is 0 Å². The fourth-order valence-electron chi connectivity index (χ4n) is 5.03. The molecule has 0 unspecified atom stereocenters. The van der Waals surface area contributed by atoms with Gasteiger partial charge < -0.3 is 23.6 Å². The van der Waals surface area contributed by atoms with Crippen molar-refractivity contribution in [2.45, 2.75) is 77.8 Å². The first-order valence-corrected chi connectivity index (χ1v) is 13.9. The van der Waals surface area contributed by atoms with Crippen molar-refractivity contribution in [3.63, 3.8) is 0 Å². The number of benzene rings is 2. The average Bonchev–Trinajstić information content (AvgIpc) is 3.46. The number of aromatic nitrogens is 4. The number of hydrogen-bond acceptors (Lipinski definition) is 6. The van der Waals surface area contributed by atoms with E-state index in [4.69, 9.17) is 18.6 Å². The number of aryl methyl sites for hydroxylation is 3. The molecule has 41 heavy (non-hydrogen) atoms. The Bertz CT molecular complexity index is 1730. The molecule has 6 rings (SSSR count). The summed E-state index contributed by atoms with van der Waals surface area (Å²) >= 11 is 0. The van der Waals surface area contributed by atoms with Gasteiger partial charge in [0.25, 0.3) is 0 Å². The highest BCUT2D eigenvalue weighted by molar-refractivity contribution is 6.62. The Morgan fingerprint density at radius 3 is 1.49 bits per heavy atom. The molecule has 0 spiro atoms. The molecule has 218 valence electrons. The summed E-state index contributed by atoms with van der Waals surface area (Å²) in [5, 5.41) is 0. The minimum atomic E-state index is -0.409. The van der Waals surface area contributed by atoms with Crippen LogP contribution >= 0.6 is 0 Å². The van der Waals surface area contributed by atoms with E-state index in [2.05, 4.69) is 4.98 Å². The summed E-state index contributed by atoms with van der Waals surface area (Å²) in [7, 11) is 4.48. The number of H-pyrrole nitrogens is 1. The van der Waals surface area contributed by atoms with Crippen molar-refractivity contribution in [3.05, 3.63) is 57.4 Å². The molecule has 1 N–H and O–H groups in total. The summed E-state index contributed by atoms with van der Waals surface area (Å²) in [5.74, 6) is 0. The van der Waals surface area contributed by atoms with Crippen LogP contribution in [-0.2, 0) is 39.8 Å². The predicted octanol–water partition coefficient (Wildman–Crippen LogP) is 2.34. The average molecular weight is 562 g/mol. The van der Waals surface area contributed by atoms with E-state index in [0.29, 0.717) is 0 Å². The van der Waals surface area contributed by atoms with E-state index < -0.39 is 14.2 Å². The Kier molecular flexibility index (Phi) is 6.81. The summed E-state index contributed by atoms with van der Waals surface area (Å²) in [5.41, 5.74) is 3.69. The molecule has 0 radical (unpaired) electrons. The fourth-order valence-corrected chi connectivity index (χ4v) is 5.03. The number of nitrogens with zero attached hydrogens (tertiary/aromatic N) is 3. The van der Waals surface area contributed by atoms with Gasteiger partial charge in [0.15, 0.2) is 0 Å². The molecule has 2 saturated heterocycles. The van der Waals surface area contributed by atoms with Crippen LogP contribution in [0.1, 0.15) is 55.4 Å². The monoisotopic (exact) mass is 562 g/mol. The third kappa shape index (κ3) is 4.80. The van der Waals surface area contributed by atoms with E-state index in [1.807, 2.05) is 91.8 Å². The predicted molar refractivity (Wildman–Crippen MR) is 163 cm³/mol. The summed E-state index contributed by atoms with van der Waals surface area (Å²) in [4.78, 5) is 26.4. The van der Waals surface area contributed by atoms with Crippen LogP contribution in [0, 0.1) is 0 Å². The van der Waals surface area contributed by atoms with Crippen molar-refractivity contribution in [1.82, 2.24) is 18.7 Å². The largest absolute Gasteiger partial charge is 0.494 e. The lowest BCUT2D eigenvalue weighted by atomic mass is 9.79. The summed E-state index contributed by atoms with van der Waals surface area (Å²) in [6.45, 7) is 16.2. The molecule has 10 nitrogen and oxygen atoms in total. The smallest absolute Gasteiger partial charge is 0.399 e. The van der Waals surface area contributed by atoms with Crippen molar-refractivity contribution in [2.24, 2.45) is 21.1 Å². The van der Waals surface area contributed by atoms with Crippen LogP contribution in [0.5, 0.6) is 0 Å². The Hall–Kier alpha value is -3.05. The lowest BCUT2D eigenvalue weighted by Gasteiger charge is -2.32. The van der Waals surface area contributed by atoms with Gasteiger partial charge in [-0.15, -0.1) is 0 Å². The second-order valence-electron chi connectivity index (χ2n) is 13.1. The first kappa shape index (κ1) is 29.4. The summed E-state index contributed by atoms with van der Waals surface area (Å²) in [6, 6.07) is 11.6. The van der Waals surface area contributed by atoms with Crippen LogP contribution in [0.25, 0.3) is 22.1 Å². The molecule has 4 heterocycles. The van der Waals surface area contributed by atoms with Crippen molar-refractivity contribution < 1.29 is 18.6 Å². The fraction of sp³-hybridized carbons (Fsp3) is 0.517. The van der Waals surface area contributed by atoms with E-state index in [1.54, 1.807) is 34.8 Å². The molecular formula is C29H40B2N4O6. The van der Waals surface area contributed by atoms with Crippen molar-refractivity contribution in [3.8, 4) is 0 Å². The van der Waals surface area contributed by atoms with Crippen LogP contribution in [0.2, 0.25) is 0 Å². The third-order valence-corrected chi connectivity index (χ3v) is 9.28. The summed E-state index contributed by atoms with van der Waals surface area (Å²) in [6.07, 6.45) is 0. The number of hydrogen-bond donors (Lipinski definition) is 1. The van der Waals surface area contributed by atoms with E-state index >= 15 is 0 Å². The van der Waals surface area contributed by atoms with Crippen molar-refractivity contribution >= 4 is 47.2 Å². The number of rotatable bonds is 2. The van der Waals surface area contributed by atoms with Gasteiger partial charge in [0.1, 0.15) is 0 Å². The highest BCUT2D eigenvalue weighted by atomic mass is 16.7. The van der Waals surface area contributed by atoms with Gasteiger partial charge in [0.2, 0.25) is 0 Å². The lowest BCUT2D eigenvalue weighted by molar-refractivity contribution is 0.00578. The van der Waals surface area contributed by atoms with Gasteiger partial charge in [-0.3, -0.25) is 13.7 Å². The number of aromatic amines is 1. The standard InChI is InChI=1S/C15H21BN2O3.C14H19BN2O3/c1-14(2)15(3,4)21-16(20-14)10-7-8-11-12(9-10)18(6)13(19)17(11)5;1-13(2)14(3,4)20-15(19-13)9-6-7-11-10(8-9)16-12(18)17(11)5/h7-9H,1-6H3;6-8H,1-5H3,(H,16,18). The molecule has 0 aliphatic carbocycles. The van der Waals surface area contributed by atoms with Crippen LogP contribution in [0.3, 0.4) is 0 Å². The van der Waals surface area contributed by atoms with E-state index in [9.17, 15) is 9.59 Å². The van der Waals surface area contributed by atoms with Crippen LogP contribution < -0.4 is 22.3 Å². The number of imidazole rings is 2. The van der Waals surface area contributed by atoms with Gasteiger partial charge in [-0.2, -0.15) is 0 Å². The van der Waals surface area contributed by atoms with Crippen molar-refractivity contribution in [1.29, 1.82) is 0 Å². The second kappa shape index (κ2) is 9.49. The lowest BCUT2D eigenvalue weighted by Crippen LogP contribution is -2.41. The zero-order chi connectivity index (χ0) is 30.3. The quantitative estimate of drug-likeness (QED) is 0.377. The molecule has 2 aromatic heterocycles. The maximum atomic E-state index is 12.0. The first-order chi connectivity index (χ1) is 18.8. The molecule has 2 aliphatic rings. The summed E-state index contributed by atoms with van der Waals surface area (Å²) < 4.78 is 29.0. The maximum absolute atomic E-state index is 12.0.